The molecule has 0 unspecified atom stereocenters. The molecule has 0 aliphatic carbocycles. The molecule has 1 fully saturated rings. The van der Waals surface area contributed by atoms with E-state index in [0.717, 1.165) is 41.5 Å². The number of hydrogen-bond acceptors (Lipinski definition) is 5. The zero-order valence-corrected chi connectivity index (χ0v) is 18.1. The van der Waals surface area contributed by atoms with Gasteiger partial charge in [0.15, 0.2) is 5.82 Å². The second-order valence-corrected chi connectivity index (χ2v) is 7.71. The quantitative estimate of drug-likeness (QED) is 0.613. The van der Waals surface area contributed by atoms with Crippen molar-refractivity contribution in [2.45, 2.75) is 20.3 Å². The van der Waals surface area contributed by atoms with Gasteiger partial charge in [0.1, 0.15) is 5.75 Å². The summed E-state index contributed by atoms with van der Waals surface area (Å²) in [4.78, 5) is 16.8. The lowest BCUT2D eigenvalue weighted by molar-refractivity contribution is -0.130. The molecule has 1 aliphatic rings. The number of nitrogens with zero attached hydrogens (tertiary/aromatic N) is 4. The number of aryl methyl sites for hydroxylation is 1. The molecule has 0 spiro atoms. The fourth-order valence-corrected chi connectivity index (χ4v) is 3.84. The van der Waals surface area contributed by atoms with E-state index in [2.05, 4.69) is 34.2 Å². The third kappa shape index (κ3) is 5.02. The Labute approximate surface area is 183 Å². The van der Waals surface area contributed by atoms with Crippen LogP contribution in [0.15, 0.2) is 60.7 Å². The van der Waals surface area contributed by atoms with Gasteiger partial charge in [-0.1, -0.05) is 36.4 Å². The predicted octanol–water partition coefficient (Wildman–Crippen LogP) is 3.74. The summed E-state index contributed by atoms with van der Waals surface area (Å²) in [5.41, 5.74) is 4.18. The fraction of sp³-hybridized carbons (Fsp3) is 0.320. The highest BCUT2D eigenvalue weighted by atomic mass is 16.5. The topological polar surface area (TPSA) is 58.6 Å². The number of piperazine rings is 1. The van der Waals surface area contributed by atoms with E-state index in [1.807, 2.05) is 60.4 Å². The lowest BCUT2D eigenvalue weighted by atomic mass is 10.1. The largest absolute Gasteiger partial charge is 0.494 e. The molecule has 1 aromatic heterocycles. The monoisotopic (exact) mass is 416 g/mol. The molecule has 4 rings (SSSR count). The minimum Gasteiger partial charge on any atom is -0.494 e. The molecule has 1 aliphatic heterocycles. The van der Waals surface area contributed by atoms with Crippen molar-refractivity contribution >= 4 is 11.7 Å². The maximum absolute atomic E-state index is 12.7. The molecular weight excluding hydrogens is 388 g/mol. The molecular formula is C25H28N4O2. The summed E-state index contributed by atoms with van der Waals surface area (Å²) in [7, 11) is 0. The van der Waals surface area contributed by atoms with Crippen LogP contribution in [-0.2, 0) is 11.2 Å². The van der Waals surface area contributed by atoms with Crippen LogP contribution in [0.3, 0.4) is 0 Å². The lowest BCUT2D eigenvalue weighted by Gasteiger charge is -2.35. The van der Waals surface area contributed by atoms with E-state index in [0.29, 0.717) is 26.1 Å². The third-order valence-electron chi connectivity index (χ3n) is 5.62. The van der Waals surface area contributed by atoms with Crippen LogP contribution in [0.1, 0.15) is 18.1 Å². The summed E-state index contributed by atoms with van der Waals surface area (Å²) in [6.07, 6.45) is 0.414. The molecule has 2 heterocycles. The van der Waals surface area contributed by atoms with Crippen LogP contribution in [0.5, 0.6) is 5.75 Å². The normalized spacial score (nSPS) is 13.9. The third-order valence-corrected chi connectivity index (χ3v) is 5.62. The first-order valence-electron chi connectivity index (χ1n) is 10.8. The predicted molar refractivity (Wildman–Crippen MR) is 122 cm³/mol. The second-order valence-electron chi connectivity index (χ2n) is 7.71. The maximum atomic E-state index is 12.7. The number of anilines is 1. The highest BCUT2D eigenvalue weighted by molar-refractivity contribution is 5.79. The van der Waals surface area contributed by atoms with Crippen molar-refractivity contribution < 1.29 is 9.53 Å². The van der Waals surface area contributed by atoms with Gasteiger partial charge in [-0.2, -0.15) is 0 Å². The van der Waals surface area contributed by atoms with Gasteiger partial charge in [-0.05, 0) is 49.2 Å². The van der Waals surface area contributed by atoms with Gasteiger partial charge in [0, 0.05) is 31.7 Å². The van der Waals surface area contributed by atoms with Gasteiger partial charge in [-0.3, -0.25) is 4.79 Å². The molecule has 0 atom stereocenters. The molecule has 2 aromatic carbocycles. The highest BCUT2D eigenvalue weighted by Crippen LogP contribution is 2.22. The van der Waals surface area contributed by atoms with Crippen molar-refractivity contribution in [2.24, 2.45) is 0 Å². The Kier molecular flexibility index (Phi) is 6.46. The first-order valence-corrected chi connectivity index (χ1v) is 10.8. The number of amides is 1. The Morgan fingerprint density at radius 1 is 0.935 bits per heavy atom. The van der Waals surface area contributed by atoms with E-state index in [1.165, 1.54) is 5.56 Å². The van der Waals surface area contributed by atoms with Crippen LogP contribution in [0, 0.1) is 6.92 Å². The molecule has 0 N–H and O–H groups in total. The van der Waals surface area contributed by atoms with E-state index in [4.69, 9.17) is 4.74 Å². The zero-order chi connectivity index (χ0) is 21.6. The number of aromatic nitrogens is 2. The van der Waals surface area contributed by atoms with Gasteiger partial charge in [0.25, 0.3) is 0 Å². The average Bonchev–Trinajstić information content (AvgIpc) is 2.81. The Hall–Kier alpha value is -3.41. The van der Waals surface area contributed by atoms with Crippen molar-refractivity contribution in [3.63, 3.8) is 0 Å². The first kappa shape index (κ1) is 20.8. The SMILES string of the molecule is CCOc1ccc(CC(=O)N2CCN(c3ccc(-c4ccccc4C)nn3)CC2)cc1. The van der Waals surface area contributed by atoms with E-state index in [9.17, 15) is 4.79 Å². The molecule has 6 nitrogen and oxygen atoms in total. The van der Waals surface area contributed by atoms with E-state index >= 15 is 0 Å². The summed E-state index contributed by atoms with van der Waals surface area (Å²) < 4.78 is 5.46. The van der Waals surface area contributed by atoms with Gasteiger partial charge in [-0.15, -0.1) is 10.2 Å². The Morgan fingerprint density at radius 2 is 1.68 bits per heavy atom. The average molecular weight is 417 g/mol. The number of hydrogen-bond donors (Lipinski definition) is 0. The van der Waals surface area contributed by atoms with Gasteiger partial charge >= 0.3 is 0 Å². The van der Waals surface area contributed by atoms with Crippen LogP contribution < -0.4 is 9.64 Å². The second kappa shape index (κ2) is 9.60. The number of carbonyl (C=O) groups is 1. The maximum Gasteiger partial charge on any atom is 0.227 e. The Morgan fingerprint density at radius 3 is 2.32 bits per heavy atom. The summed E-state index contributed by atoms with van der Waals surface area (Å²) in [6.45, 7) is 7.58. The fourth-order valence-electron chi connectivity index (χ4n) is 3.84. The molecule has 1 amide bonds. The molecule has 31 heavy (non-hydrogen) atoms. The highest BCUT2D eigenvalue weighted by Gasteiger charge is 2.22. The number of ether oxygens (including phenoxy) is 1. The van der Waals surface area contributed by atoms with Crippen molar-refractivity contribution in [3.05, 3.63) is 71.8 Å². The van der Waals surface area contributed by atoms with E-state index in [-0.39, 0.29) is 5.91 Å². The number of benzene rings is 2. The standard InChI is InChI=1S/C25H28N4O2/c1-3-31-21-10-8-20(9-11-21)18-25(30)29-16-14-28(15-17-29)24-13-12-23(26-27-24)22-7-5-4-6-19(22)2/h4-13H,3,14-18H2,1-2H3. The molecule has 0 radical (unpaired) electrons. The van der Waals surface area contributed by atoms with Crippen molar-refractivity contribution in [2.75, 3.05) is 37.7 Å². The summed E-state index contributed by atoms with van der Waals surface area (Å²) in [5.74, 6) is 1.85. The Bertz CT molecular complexity index is 1010. The summed E-state index contributed by atoms with van der Waals surface area (Å²) in [5, 5.41) is 8.87. The minimum atomic E-state index is 0.157. The molecule has 6 heteroatoms. The van der Waals surface area contributed by atoms with Crippen LogP contribution >= 0.6 is 0 Å². The van der Waals surface area contributed by atoms with Crippen LogP contribution in [-0.4, -0.2) is 53.8 Å². The smallest absolute Gasteiger partial charge is 0.227 e. The molecule has 3 aromatic rings. The summed E-state index contributed by atoms with van der Waals surface area (Å²) >= 11 is 0. The van der Waals surface area contributed by atoms with Crippen LogP contribution in [0.4, 0.5) is 5.82 Å². The van der Waals surface area contributed by atoms with Crippen LogP contribution in [0.2, 0.25) is 0 Å². The van der Waals surface area contributed by atoms with Crippen molar-refractivity contribution in [3.8, 4) is 17.0 Å². The minimum absolute atomic E-state index is 0.157. The van der Waals surface area contributed by atoms with Crippen LogP contribution in [0.25, 0.3) is 11.3 Å². The first-order chi connectivity index (χ1) is 15.1. The van der Waals surface area contributed by atoms with Gasteiger partial charge in [0.2, 0.25) is 5.91 Å². The van der Waals surface area contributed by atoms with E-state index in [1.54, 1.807) is 0 Å². The molecule has 0 saturated carbocycles. The van der Waals surface area contributed by atoms with Gasteiger partial charge in [0.05, 0.1) is 18.7 Å². The number of rotatable bonds is 6. The molecule has 160 valence electrons. The lowest BCUT2D eigenvalue weighted by Crippen LogP contribution is -2.49. The zero-order valence-electron chi connectivity index (χ0n) is 18.1. The molecule has 1 saturated heterocycles. The van der Waals surface area contributed by atoms with Gasteiger partial charge in [-0.25, -0.2) is 0 Å². The Balaban J connectivity index is 1.32. The van der Waals surface area contributed by atoms with Gasteiger partial charge < -0.3 is 14.5 Å². The van der Waals surface area contributed by atoms with Crippen molar-refractivity contribution in [1.82, 2.24) is 15.1 Å². The van der Waals surface area contributed by atoms with E-state index < -0.39 is 0 Å². The number of carbonyl (C=O) groups excluding carboxylic acids is 1. The van der Waals surface area contributed by atoms with Crippen molar-refractivity contribution in [1.29, 1.82) is 0 Å². The molecule has 0 bridgehead atoms. The summed E-state index contributed by atoms with van der Waals surface area (Å²) in [6, 6.07) is 20.0.